The number of fused-ring (bicyclic) bond motifs is 1. The van der Waals surface area contributed by atoms with E-state index in [4.69, 9.17) is 16.3 Å². The summed E-state index contributed by atoms with van der Waals surface area (Å²) in [5.41, 5.74) is 1.93. The van der Waals surface area contributed by atoms with Crippen molar-refractivity contribution < 1.29 is 14.3 Å². The molecule has 7 nitrogen and oxygen atoms in total. The second-order valence-corrected chi connectivity index (χ2v) is 7.24. The number of hydrogen-bond acceptors (Lipinski definition) is 5. The van der Waals surface area contributed by atoms with Crippen LogP contribution in [0.15, 0.2) is 29.3 Å². The molecule has 0 aliphatic heterocycles. The van der Waals surface area contributed by atoms with E-state index in [2.05, 4.69) is 10.1 Å². The van der Waals surface area contributed by atoms with E-state index in [0.29, 0.717) is 22.1 Å². The fraction of sp³-hybridized carbons (Fsp3) is 0.333. The normalized spacial score (nSPS) is 11.9. The van der Waals surface area contributed by atoms with E-state index in [1.165, 1.54) is 11.3 Å². The standard InChI is InChI=1S/C18H19ClN4O3S/c1-4-23-14(8-11(3)21-23)17(25)20-18-22(10-16(24)26-5-2)13-7-6-12(19)9-15(13)27-18/h6-9H,4-5,10H2,1-3H3. The predicted octanol–water partition coefficient (Wildman–Crippen LogP) is 3.19. The molecule has 142 valence electrons. The maximum atomic E-state index is 12.7. The highest BCUT2D eigenvalue weighted by molar-refractivity contribution is 7.16. The van der Waals surface area contributed by atoms with E-state index >= 15 is 0 Å². The number of esters is 1. The molecule has 0 radical (unpaired) electrons. The van der Waals surface area contributed by atoms with E-state index in [-0.39, 0.29) is 13.2 Å². The maximum Gasteiger partial charge on any atom is 0.326 e. The van der Waals surface area contributed by atoms with E-state index in [0.717, 1.165) is 15.9 Å². The molecule has 0 bridgehead atoms. The summed E-state index contributed by atoms with van der Waals surface area (Å²) >= 11 is 7.37. The average molecular weight is 407 g/mol. The van der Waals surface area contributed by atoms with Crippen LogP contribution in [0.2, 0.25) is 5.02 Å². The Hall–Kier alpha value is -2.45. The third-order valence-electron chi connectivity index (χ3n) is 3.86. The minimum Gasteiger partial charge on any atom is -0.465 e. The molecule has 1 amide bonds. The van der Waals surface area contributed by atoms with E-state index in [9.17, 15) is 9.59 Å². The molecule has 0 fully saturated rings. The van der Waals surface area contributed by atoms with Gasteiger partial charge in [0.2, 0.25) is 0 Å². The summed E-state index contributed by atoms with van der Waals surface area (Å²) in [6.07, 6.45) is 0. The largest absolute Gasteiger partial charge is 0.465 e. The van der Waals surface area contributed by atoms with Gasteiger partial charge in [-0.25, -0.2) is 0 Å². The van der Waals surface area contributed by atoms with Gasteiger partial charge in [-0.05, 0) is 45.0 Å². The number of aromatic nitrogens is 3. The molecule has 9 heteroatoms. The van der Waals surface area contributed by atoms with Gasteiger partial charge in [-0.3, -0.25) is 14.3 Å². The maximum absolute atomic E-state index is 12.7. The lowest BCUT2D eigenvalue weighted by Gasteiger charge is -2.05. The lowest BCUT2D eigenvalue weighted by atomic mass is 10.3. The first kappa shape index (κ1) is 19.3. The third kappa shape index (κ3) is 4.12. The van der Waals surface area contributed by atoms with Crippen LogP contribution in [0.3, 0.4) is 0 Å². The first-order chi connectivity index (χ1) is 12.9. The number of benzene rings is 1. The van der Waals surface area contributed by atoms with Crippen molar-refractivity contribution in [3.63, 3.8) is 0 Å². The summed E-state index contributed by atoms with van der Waals surface area (Å²) in [6, 6.07) is 7.03. The smallest absolute Gasteiger partial charge is 0.326 e. The van der Waals surface area contributed by atoms with E-state index in [1.54, 1.807) is 40.4 Å². The van der Waals surface area contributed by atoms with Crippen LogP contribution in [0.1, 0.15) is 30.0 Å². The Kier molecular flexibility index (Phi) is 5.76. The van der Waals surface area contributed by atoms with Crippen molar-refractivity contribution in [2.75, 3.05) is 6.61 Å². The number of carbonyl (C=O) groups excluding carboxylic acids is 2. The van der Waals surface area contributed by atoms with Crippen LogP contribution in [0.25, 0.3) is 10.2 Å². The van der Waals surface area contributed by atoms with Crippen molar-refractivity contribution in [3.8, 4) is 0 Å². The van der Waals surface area contributed by atoms with Crippen LogP contribution in [-0.2, 0) is 22.6 Å². The molecule has 1 aromatic carbocycles. The van der Waals surface area contributed by atoms with Gasteiger partial charge in [-0.15, -0.1) is 0 Å². The number of aryl methyl sites for hydroxylation is 2. The lowest BCUT2D eigenvalue weighted by molar-refractivity contribution is -0.143. The third-order valence-corrected chi connectivity index (χ3v) is 5.13. The number of carbonyl (C=O) groups is 2. The molecular weight excluding hydrogens is 388 g/mol. The van der Waals surface area contributed by atoms with Gasteiger partial charge in [0, 0.05) is 11.6 Å². The topological polar surface area (TPSA) is 78.5 Å². The minimum absolute atomic E-state index is 0.0341. The Labute approximate surface area is 164 Å². The highest BCUT2D eigenvalue weighted by Crippen LogP contribution is 2.22. The fourth-order valence-electron chi connectivity index (χ4n) is 2.72. The van der Waals surface area contributed by atoms with Gasteiger partial charge in [0.1, 0.15) is 12.2 Å². The van der Waals surface area contributed by atoms with Gasteiger partial charge >= 0.3 is 5.97 Å². The molecule has 0 aliphatic rings. The van der Waals surface area contributed by atoms with Crippen LogP contribution in [0.5, 0.6) is 0 Å². The summed E-state index contributed by atoms with van der Waals surface area (Å²) in [7, 11) is 0. The molecular formula is C18H19ClN4O3S. The van der Waals surface area contributed by atoms with Crippen molar-refractivity contribution in [2.45, 2.75) is 33.9 Å². The Morgan fingerprint density at radius 2 is 2.07 bits per heavy atom. The summed E-state index contributed by atoms with van der Waals surface area (Å²) in [5, 5.41) is 4.86. The number of thiazole rings is 1. The number of amides is 1. The number of rotatable bonds is 5. The molecule has 27 heavy (non-hydrogen) atoms. The van der Waals surface area contributed by atoms with Gasteiger partial charge < -0.3 is 9.30 Å². The molecule has 0 N–H and O–H groups in total. The van der Waals surface area contributed by atoms with Gasteiger partial charge in [-0.1, -0.05) is 22.9 Å². The van der Waals surface area contributed by atoms with Crippen LogP contribution in [0.4, 0.5) is 0 Å². The van der Waals surface area contributed by atoms with E-state index < -0.39 is 11.9 Å². The molecule has 0 saturated heterocycles. The molecule has 3 aromatic rings. The number of ether oxygens (including phenoxy) is 1. The molecule has 0 atom stereocenters. The summed E-state index contributed by atoms with van der Waals surface area (Å²) in [5.74, 6) is -0.803. The zero-order valence-corrected chi connectivity index (χ0v) is 16.8. The van der Waals surface area contributed by atoms with Crippen molar-refractivity contribution in [2.24, 2.45) is 4.99 Å². The highest BCUT2D eigenvalue weighted by atomic mass is 35.5. The van der Waals surface area contributed by atoms with Crippen molar-refractivity contribution in [3.05, 3.63) is 45.5 Å². The first-order valence-corrected chi connectivity index (χ1v) is 9.70. The molecule has 3 rings (SSSR count). The van der Waals surface area contributed by atoms with Crippen LogP contribution >= 0.6 is 22.9 Å². The Morgan fingerprint density at radius 3 is 2.78 bits per heavy atom. The fourth-order valence-corrected chi connectivity index (χ4v) is 4.03. The lowest BCUT2D eigenvalue weighted by Crippen LogP contribution is -2.23. The van der Waals surface area contributed by atoms with E-state index in [1.807, 2.05) is 13.8 Å². The Morgan fingerprint density at radius 1 is 1.30 bits per heavy atom. The quantitative estimate of drug-likeness (QED) is 0.609. The van der Waals surface area contributed by atoms with Gasteiger partial charge in [0.15, 0.2) is 4.80 Å². The van der Waals surface area contributed by atoms with Crippen molar-refractivity contribution >= 4 is 45.0 Å². The zero-order valence-electron chi connectivity index (χ0n) is 15.2. The zero-order chi connectivity index (χ0) is 19.6. The van der Waals surface area contributed by atoms with Crippen LogP contribution < -0.4 is 4.80 Å². The second-order valence-electron chi connectivity index (χ2n) is 5.79. The van der Waals surface area contributed by atoms with Crippen molar-refractivity contribution in [1.29, 1.82) is 0 Å². The summed E-state index contributed by atoms with van der Waals surface area (Å²) in [4.78, 5) is 29.4. The summed E-state index contributed by atoms with van der Waals surface area (Å²) < 4.78 is 9.17. The number of hydrogen-bond donors (Lipinski definition) is 0. The van der Waals surface area contributed by atoms with Gasteiger partial charge in [0.25, 0.3) is 5.91 Å². The van der Waals surface area contributed by atoms with Crippen molar-refractivity contribution in [1.82, 2.24) is 14.3 Å². The minimum atomic E-state index is -0.410. The molecule has 0 spiro atoms. The predicted molar refractivity (Wildman–Crippen MR) is 104 cm³/mol. The average Bonchev–Trinajstić information content (AvgIpc) is 3.15. The van der Waals surface area contributed by atoms with Crippen LogP contribution in [0, 0.1) is 6.92 Å². The molecule has 2 aromatic heterocycles. The SMILES string of the molecule is CCOC(=O)Cn1c(=NC(=O)c2cc(C)nn2CC)sc2cc(Cl)ccc21. The first-order valence-electron chi connectivity index (χ1n) is 8.51. The highest BCUT2D eigenvalue weighted by Gasteiger charge is 2.16. The summed E-state index contributed by atoms with van der Waals surface area (Å²) in [6.45, 7) is 6.30. The van der Waals surface area contributed by atoms with Crippen LogP contribution in [-0.4, -0.2) is 32.8 Å². The molecule has 0 unspecified atom stereocenters. The molecule has 0 saturated carbocycles. The number of nitrogens with zero attached hydrogens (tertiary/aromatic N) is 4. The number of halogens is 1. The molecule has 2 heterocycles. The second kappa shape index (κ2) is 8.06. The Balaban J connectivity index is 2.12. The van der Waals surface area contributed by atoms with Gasteiger partial charge in [0.05, 0.1) is 22.5 Å². The monoisotopic (exact) mass is 406 g/mol. The molecule has 0 aliphatic carbocycles. The Bertz CT molecular complexity index is 1080. The van der Waals surface area contributed by atoms with Gasteiger partial charge in [-0.2, -0.15) is 10.1 Å².